The van der Waals surface area contributed by atoms with E-state index in [0.29, 0.717) is 11.1 Å². The summed E-state index contributed by atoms with van der Waals surface area (Å²) >= 11 is 0. The second-order valence-corrected chi connectivity index (χ2v) is 10.2. The molecule has 8 atom stereocenters. The minimum Gasteiger partial charge on any atom is -0.456 e. The molecule has 4 rings (SSSR count). The summed E-state index contributed by atoms with van der Waals surface area (Å²) in [5.74, 6) is -3.10. The molecule has 0 aromatic carbocycles. The van der Waals surface area contributed by atoms with Gasteiger partial charge in [0.2, 0.25) is 0 Å². The van der Waals surface area contributed by atoms with Crippen LogP contribution >= 0.6 is 0 Å². The van der Waals surface area contributed by atoms with E-state index in [1.807, 2.05) is 20.8 Å². The molecule has 2 fully saturated rings. The van der Waals surface area contributed by atoms with Crippen LogP contribution in [0, 0.1) is 29.1 Å². The summed E-state index contributed by atoms with van der Waals surface area (Å²) in [5, 5.41) is 33.8. The van der Waals surface area contributed by atoms with Crippen LogP contribution in [0.25, 0.3) is 0 Å². The van der Waals surface area contributed by atoms with Crippen molar-refractivity contribution in [2.24, 2.45) is 29.1 Å². The summed E-state index contributed by atoms with van der Waals surface area (Å²) in [4.78, 5) is 25.0. The van der Waals surface area contributed by atoms with E-state index in [1.54, 1.807) is 19.1 Å². The van der Waals surface area contributed by atoms with Gasteiger partial charge in [0, 0.05) is 49.5 Å². The van der Waals surface area contributed by atoms with E-state index < -0.39 is 57.8 Å². The molecule has 5 unspecified atom stereocenters. The van der Waals surface area contributed by atoms with Crippen molar-refractivity contribution < 1.29 is 34.4 Å². The van der Waals surface area contributed by atoms with Crippen LogP contribution < -0.4 is 0 Å². The zero-order valence-electron chi connectivity index (χ0n) is 18.4. The lowest BCUT2D eigenvalue weighted by Gasteiger charge is -2.53. The van der Waals surface area contributed by atoms with E-state index in [2.05, 4.69) is 0 Å². The lowest BCUT2D eigenvalue weighted by atomic mass is 9.59. The molecule has 0 heterocycles. The fourth-order valence-electron chi connectivity index (χ4n) is 7.25. The Morgan fingerprint density at radius 1 is 1.27 bits per heavy atom. The van der Waals surface area contributed by atoms with E-state index in [1.165, 1.54) is 14.0 Å². The summed E-state index contributed by atoms with van der Waals surface area (Å²) in [6.07, 6.45) is 2.80. The Labute approximate surface area is 176 Å². The predicted octanol–water partition coefficient (Wildman–Crippen LogP) is 1.15. The van der Waals surface area contributed by atoms with Crippen LogP contribution in [0.1, 0.15) is 41.0 Å². The van der Waals surface area contributed by atoms with Crippen molar-refractivity contribution in [1.82, 2.24) is 0 Å². The predicted molar refractivity (Wildman–Crippen MR) is 107 cm³/mol. The molecular formula is C23H32O7. The number of aliphatic hydroxyl groups is 3. The molecule has 0 aromatic rings. The third kappa shape index (κ3) is 2.24. The van der Waals surface area contributed by atoms with Crippen LogP contribution in [0.2, 0.25) is 0 Å². The molecule has 0 amide bonds. The van der Waals surface area contributed by atoms with E-state index in [4.69, 9.17) is 9.47 Å². The molecule has 4 aliphatic carbocycles. The number of hydrogen-bond acceptors (Lipinski definition) is 7. The molecule has 3 N–H and O–H groups in total. The summed E-state index contributed by atoms with van der Waals surface area (Å²) in [5.41, 5.74) is -3.89. The Hall–Kier alpha value is -1.54. The highest BCUT2D eigenvalue weighted by atomic mass is 16.6. The molecule has 0 saturated heterocycles. The van der Waals surface area contributed by atoms with E-state index in [-0.39, 0.29) is 18.9 Å². The highest BCUT2D eigenvalue weighted by molar-refractivity contribution is 6.04. The SMILES string of the molecule is COC1[C@@H](C)[C@@]2(O)C(C=C(CO)CC3(O)C(=O)C(C)=C[C@H]32)C2C(C)(C)C12OC(C)=O. The van der Waals surface area contributed by atoms with Gasteiger partial charge in [-0.3, -0.25) is 9.59 Å². The third-order valence-electron chi connectivity index (χ3n) is 8.52. The van der Waals surface area contributed by atoms with Crippen molar-refractivity contribution >= 4 is 11.8 Å². The number of ketones is 1. The standard InChI is InChI=1S/C23H32O7/c1-11-7-16-21(27,18(11)26)9-14(10-24)8-15-17-20(4,5)23(17,30-13(3)25)19(29-6)12(2)22(15,16)28/h7-8,12,15-17,19,24,27-28H,9-10H2,1-6H3/t12-,15?,16-,17?,19?,21?,22-,23?/m1/s1. The van der Waals surface area contributed by atoms with E-state index >= 15 is 0 Å². The normalized spacial score (nSPS) is 48.6. The Bertz CT molecular complexity index is 873. The zero-order chi connectivity index (χ0) is 22.4. The molecule has 2 saturated carbocycles. The first-order valence-corrected chi connectivity index (χ1v) is 10.5. The van der Waals surface area contributed by atoms with Gasteiger partial charge in [-0.05, 0) is 18.1 Å². The first-order valence-electron chi connectivity index (χ1n) is 10.5. The topological polar surface area (TPSA) is 113 Å². The number of aliphatic hydroxyl groups excluding tert-OH is 1. The molecule has 7 nitrogen and oxygen atoms in total. The molecule has 0 bridgehead atoms. The highest BCUT2D eigenvalue weighted by Crippen LogP contribution is 2.77. The fraction of sp³-hybridized carbons (Fsp3) is 0.739. The number of hydrogen-bond donors (Lipinski definition) is 3. The lowest BCUT2D eigenvalue weighted by molar-refractivity contribution is -0.224. The second-order valence-electron chi connectivity index (χ2n) is 10.2. The average molecular weight is 421 g/mol. The minimum atomic E-state index is -1.82. The Morgan fingerprint density at radius 2 is 1.90 bits per heavy atom. The first kappa shape index (κ1) is 21.7. The maximum atomic E-state index is 12.9. The monoisotopic (exact) mass is 420 g/mol. The quantitative estimate of drug-likeness (QED) is 0.464. The molecule has 0 aliphatic heterocycles. The Kier molecular flexibility index (Phi) is 4.52. The van der Waals surface area contributed by atoms with Crippen molar-refractivity contribution in [3.63, 3.8) is 0 Å². The number of fused-ring (bicyclic) bond motifs is 5. The van der Waals surface area contributed by atoms with Gasteiger partial charge in [0.1, 0.15) is 17.3 Å². The van der Waals surface area contributed by atoms with Crippen LogP contribution in [0.4, 0.5) is 0 Å². The van der Waals surface area contributed by atoms with E-state index in [9.17, 15) is 24.9 Å². The number of Topliss-reactive ketones (excluding diaryl/α,β-unsaturated/α-hetero) is 1. The fourth-order valence-corrected chi connectivity index (χ4v) is 7.25. The lowest BCUT2D eigenvalue weighted by Crippen LogP contribution is -2.65. The number of esters is 1. The summed E-state index contributed by atoms with van der Waals surface area (Å²) in [6, 6.07) is 0. The zero-order valence-corrected chi connectivity index (χ0v) is 18.4. The van der Waals surface area contributed by atoms with Gasteiger partial charge in [-0.2, -0.15) is 0 Å². The summed E-state index contributed by atoms with van der Waals surface area (Å²) < 4.78 is 11.8. The van der Waals surface area contributed by atoms with Crippen molar-refractivity contribution in [2.75, 3.05) is 13.7 Å². The molecule has 0 aromatic heterocycles. The Morgan fingerprint density at radius 3 is 2.43 bits per heavy atom. The number of methoxy groups -OCH3 is 1. The smallest absolute Gasteiger partial charge is 0.303 e. The van der Waals surface area contributed by atoms with Crippen LogP contribution in [0.5, 0.6) is 0 Å². The van der Waals surface area contributed by atoms with Crippen molar-refractivity contribution in [3.8, 4) is 0 Å². The van der Waals surface area contributed by atoms with Crippen molar-refractivity contribution in [1.29, 1.82) is 0 Å². The number of carbonyl (C=O) groups is 2. The largest absolute Gasteiger partial charge is 0.456 e. The molecule has 4 aliphatic rings. The van der Waals surface area contributed by atoms with Crippen LogP contribution in [-0.2, 0) is 19.1 Å². The molecular weight excluding hydrogens is 388 g/mol. The van der Waals surface area contributed by atoms with Crippen LogP contribution in [0.3, 0.4) is 0 Å². The Balaban J connectivity index is 1.96. The molecule has 166 valence electrons. The van der Waals surface area contributed by atoms with Gasteiger partial charge in [0.15, 0.2) is 5.78 Å². The summed E-state index contributed by atoms with van der Waals surface area (Å²) in [7, 11) is 1.53. The van der Waals surface area contributed by atoms with Crippen molar-refractivity contribution in [3.05, 3.63) is 23.3 Å². The van der Waals surface area contributed by atoms with Gasteiger partial charge in [0.05, 0.1) is 12.2 Å². The van der Waals surface area contributed by atoms with Gasteiger partial charge in [-0.15, -0.1) is 0 Å². The van der Waals surface area contributed by atoms with Crippen molar-refractivity contribution in [2.45, 2.75) is 63.9 Å². The van der Waals surface area contributed by atoms with Gasteiger partial charge < -0.3 is 24.8 Å². The molecule has 7 heteroatoms. The van der Waals surface area contributed by atoms with Gasteiger partial charge in [-0.1, -0.05) is 32.9 Å². The third-order valence-corrected chi connectivity index (χ3v) is 8.52. The molecule has 0 radical (unpaired) electrons. The number of rotatable bonds is 3. The van der Waals surface area contributed by atoms with Crippen LogP contribution in [-0.4, -0.2) is 63.7 Å². The highest BCUT2D eigenvalue weighted by Gasteiger charge is 2.87. The van der Waals surface area contributed by atoms with Crippen LogP contribution in [0.15, 0.2) is 23.3 Å². The molecule has 0 spiro atoms. The number of carbonyl (C=O) groups excluding carboxylic acids is 2. The van der Waals surface area contributed by atoms with Gasteiger partial charge in [-0.25, -0.2) is 0 Å². The van der Waals surface area contributed by atoms with Gasteiger partial charge in [0.25, 0.3) is 0 Å². The number of ether oxygens (including phenoxy) is 2. The molecule has 30 heavy (non-hydrogen) atoms. The maximum Gasteiger partial charge on any atom is 0.303 e. The van der Waals surface area contributed by atoms with Gasteiger partial charge >= 0.3 is 5.97 Å². The average Bonchev–Trinajstić information content (AvgIpc) is 3.07. The minimum absolute atomic E-state index is 0.0439. The summed E-state index contributed by atoms with van der Waals surface area (Å²) in [6.45, 7) is 8.46. The van der Waals surface area contributed by atoms with E-state index in [0.717, 1.165) is 0 Å². The second kappa shape index (κ2) is 6.25. The maximum absolute atomic E-state index is 12.9. The first-order chi connectivity index (χ1) is 13.8.